The number of aryl methyl sites for hydroxylation is 1. The largest absolute Gasteiger partial charge is 0.461 e. The number of ketones is 1. The second kappa shape index (κ2) is 6.94. The third kappa shape index (κ3) is 3.05. The molecule has 2 heterocycles. The summed E-state index contributed by atoms with van der Waals surface area (Å²) in [7, 11) is -4.07. The molecule has 0 radical (unpaired) electrons. The van der Waals surface area contributed by atoms with Crippen LogP contribution in [0.5, 0.6) is 0 Å². The summed E-state index contributed by atoms with van der Waals surface area (Å²) in [5.74, 6) is -0.673. The zero-order valence-electron chi connectivity index (χ0n) is 14.8. The van der Waals surface area contributed by atoms with Crippen molar-refractivity contribution in [1.82, 2.24) is 5.16 Å². The molecule has 0 atom stereocenters. The number of furan rings is 1. The second-order valence-corrected chi connectivity index (χ2v) is 8.06. The SMILES string of the molecule is Cc1ccc(-c2onc(C(=O)c3ccco3)c2S(=O)(=O)c2ccccc2)cc1. The van der Waals surface area contributed by atoms with Crippen LogP contribution in [0, 0.1) is 6.92 Å². The van der Waals surface area contributed by atoms with E-state index in [-0.39, 0.29) is 27.0 Å². The van der Waals surface area contributed by atoms with Crippen molar-refractivity contribution in [3.8, 4) is 11.3 Å². The van der Waals surface area contributed by atoms with Gasteiger partial charge in [0.1, 0.15) is 0 Å². The molecule has 2 aromatic carbocycles. The highest BCUT2D eigenvalue weighted by Gasteiger charge is 2.35. The molecular formula is C21H15NO5S. The molecule has 0 aliphatic carbocycles. The van der Waals surface area contributed by atoms with Gasteiger partial charge in [-0.3, -0.25) is 4.79 Å². The third-order valence-electron chi connectivity index (χ3n) is 4.25. The van der Waals surface area contributed by atoms with Crippen molar-refractivity contribution in [2.24, 2.45) is 0 Å². The monoisotopic (exact) mass is 393 g/mol. The molecule has 0 aliphatic heterocycles. The number of hydrogen-bond donors (Lipinski definition) is 0. The van der Waals surface area contributed by atoms with Crippen molar-refractivity contribution in [3.05, 3.63) is 90.0 Å². The molecule has 140 valence electrons. The molecule has 0 aliphatic rings. The zero-order chi connectivity index (χ0) is 19.7. The van der Waals surface area contributed by atoms with E-state index < -0.39 is 15.6 Å². The second-order valence-electron chi connectivity index (χ2n) is 6.18. The van der Waals surface area contributed by atoms with Gasteiger partial charge in [-0.05, 0) is 31.2 Å². The van der Waals surface area contributed by atoms with Gasteiger partial charge < -0.3 is 8.94 Å². The Morgan fingerprint density at radius 3 is 2.29 bits per heavy atom. The fraction of sp³-hybridized carbons (Fsp3) is 0.0476. The number of sulfone groups is 1. The lowest BCUT2D eigenvalue weighted by molar-refractivity contribution is 0.0998. The normalized spacial score (nSPS) is 11.5. The standard InChI is InChI=1S/C21H15NO5S/c1-14-9-11-15(12-10-14)20-21(28(24,25)16-6-3-2-4-7-16)18(22-27-20)19(23)17-8-5-13-26-17/h2-13H,1H3. The van der Waals surface area contributed by atoms with Crippen LogP contribution in [-0.4, -0.2) is 19.4 Å². The first-order chi connectivity index (χ1) is 13.5. The average molecular weight is 393 g/mol. The Bertz CT molecular complexity index is 1220. The number of carbonyl (C=O) groups excluding carboxylic acids is 1. The number of carbonyl (C=O) groups is 1. The first kappa shape index (κ1) is 17.9. The molecule has 6 nitrogen and oxygen atoms in total. The number of rotatable bonds is 5. The zero-order valence-corrected chi connectivity index (χ0v) is 15.6. The molecule has 0 spiro atoms. The Hall–Kier alpha value is -3.45. The smallest absolute Gasteiger partial charge is 0.251 e. The van der Waals surface area contributed by atoms with E-state index in [0.29, 0.717) is 5.56 Å². The van der Waals surface area contributed by atoms with Gasteiger partial charge in [-0.2, -0.15) is 0 Å². The van der Waals surface area contributed by atoms with Gasteiger partial charge in [0.25, 0.3) is 5.78 Å². The van der Waals surface area contributed by atoms with E-state index in [4.69, 9.17) is 8.94 Å². The fourth-order valence-corrected chi connectivity index (χ4v) is 4.34. The van der Waals surface area contributed by atoms with Crippen LogP contribution in [0.4, 0.5) is 0 Å². The minimum absolute atomic E-state index is 0.0127. The van der Waals surface area contributed by atoms with Crippen LogP contribution in [0.1, 0.15) is 21.8 Å². The summed E-state index contributed by atoms with van der Waals surface area (Å²) in [6, 6.07) is 17.9. The van der Waals surface area contributed by atoms with E-state index in [1.807, 2.05) is 19.1 Å². The van der Waals surface area contributed by atoms with Crippen LogP contribution in [0.25, 0.3) is 11.3 Å². The molecule has 7 heteroatoms. The lowest BCUT2D eigenvalue weighted by atomic mass is 10.1. The lowest BCUT2D eigenvalue weighted by Gasteiger charge is -2.06. The molecule has 0 amide bonds. The van der Waals surface area contributed by atoms with Gasteiger partial charge in [-0.25, -0.2) is 8.42 Å². The Morgan fingerprint density at radius 2 is 1.64 bits per heavy atom. The summed E-state index contributed by atoms with van der Waals surface area (Å²) >= 11 is 0. The molecule has 0 unspecified atom stereocenters. The van der Waals surface area contributed by atoms with Crippen LogP contribution in [0.15, 0.2) is 91.7 Å². The van der Waals surface area contributed by atoms with E-state index >= 15 is 0 Å². The molecule has 0 bridgehead atoms. The van der Waals surface area contributed by atoms with Gasteiger partial charge in [0.2, 0.25) is 9.84 Å². The summed E-state index contributed by atoms with van der Waals surface area (Å²) in [6.45, 7) is 1.91. The first-order valence-corrected chi connectivity index (χ1v) is 9.92. The molecule has 4 aromatic rings. The number of aromatic nitrogens is 1. The van der Waals surface area contributed by atoms with Gasteiger partial charge in [0.05, 0.1) is 11.2 Å². The van der Waals surface area contributed by atoms with Crippen molar-refractivity contribution in [2.45, 2.75) is 16.7 Å². The van der Waals surface area contributed by atoms with Crippen LogP contribution in [0.2, 0.25) is 0 Å². The topological polar surface area (TPSA) is 90.4 Å². The van der Waals surface area contributed by atoms with Crippen molar-refractivity contribution in [2.75, 3.05) is 0 Å². The molecule has 4 rings (SSSR count). The van der Waals surface area contributed by atoms with Gasteiger partial charge >= 0.3 is 0 Å². The van der Waals surface area contributed by atoms with E-state index in [2.05, 4.69) is 5.16 Å². The van der Waals surface area contributed by atoms with Gasteiger partial charge in [-0.1, -0.05) is 53.2 Å². The summed E-state index contributed by atoms with van der Waals surface area (Å²) in [5, 5.41) is 3.80. The summed E-state index contributed by atoms with van der Waals surface area (Å²) in [6.07, 6.45) is 1.33. The van der Waals surface area contributed by atoms with E-state index in [9.17, 15) is 13.2 Å². The molecular weight excluding hydrogens is 378 g/mol. The van der Waals surface area contributed by atoms with E-state index in [1.54, 1.807) is 36.4 Å². The Morgan fingerprint density at radius 1 is 0.929 bits per heavy atom. The summed E-state index contributed by atoms with van der Waals surface area (Å²) in [4.78, 5) is 12.6. The van der Waals surface area contributed by atoms with Gasteiger partial charge in [0.15, 0.2) is 22.1 Å². The van der Waals surface area contributed by atoms with Crippen molar-refractivity contribution in [3.63, 3.8) is 0 Å². The minimum Gasteiger partial charge on any atom is -0.461 e. The Labute approximate surface area is 161 Å². The first-order valence-electron chi connectivity index (χ1n) is 8.43. The van der Waals surface area contributed by atoms with Gasteiger partial charge in [0, 0.05) is 5.56 Å². The fourth-order valence-electron chi connectivity index (χ4n) is 2.81. The maximum absolute atomic E-state index is 13.4. The average Bonchev–Trinajstić information content (AvgIpc) is 3.39. The van der Waals surface area contributed by atoms with Crippen LogP contribution in [-0.2, 0) is 9.84 Å². The summed E-state index contributed by atoms with van der Waals surface area (Å²) < 4.78 is 37.2. The molecule has 28 heavy (non-hydrogen) atoms. The molecule has 2 aromatic heterocycles. The maximum atomic E-state index is 13.4. The Kier molecular flexibility index (Phi) is 4.44. The third-order valence-corrected chi connectivity index (χ3v) is 6.05. The molecule has 0 saturated heterocycles. The highest BCUT2D eigenvalue weighted by atomic mass is 32.2. The molecule has 0 N–H and O–H groups in total. The number of hydrogen-bond acceptors (Lipinski definition) is 6. The van der Waals surface area contributed by atoms with Crippen LogP contribution < -0.4 is 0 Å². The van der Waals surface area contributed by atoms with Crippen molar-refractivity contribution < 1.29 is 22.2 Å². The van der Waals surface area contributed by atoms with Crippen molar-refractivity contribution in [1.29, 1.82) is 0 Å². The van der Waals surface area contributed by atoms with E-state index in [0.717, 1.165) is 5.56 Å². The number of benzene rings is 2. The van der Waals surface area contributed by atoms with Crippen LogP contribution in [0.3, 0.4) is 0 Å². The minimum atomic E-state index is -4.07. The predicted molar refractivity (Wildman–Crippen MR) is 101 cm³/mol. The van der Waals surface area contributed by atoms with Crippen LogP contribution >= 0.6 is 0 Å². The quantitative estimate of drug-likeness (QED) is 0.469. The predicted octanol–water partition coefficient (Wildman–Crippen LogP) is 4.31. The van der Waals surface area contributed by atoms with E-state index in [1.165, 1.54) is 24.5 Å². The van der Waals surface area contributed by atoms with Crippen molar-refractivity contribution >= 4 is 15.6 Å². The highest BCUT2D eigenvalue weighted by molar-refractivity contribution is 7.91. The maximum Gasteiger partial charge on any atom is 0.251 e. The highest BCUT2D eigenvalue weighted by Crippen LogP contribution is 2.35. The molecule has 0 fully saturated rings. The molecule has 0 saturated carbocycles. The Balaban J connectivity index is 1.97. The lowest BCUT2D eigenvalue weighted by Crippen LogP contribution is -2.10. The number of nitrogens with zero attached hydrogens (tertiary/aromatic N) is 1. The summed E-state index contributed by atoms with van der Waals surface area (Å²) in [5.41, 5.74) is 1.20. The van der Waals surface area contributed by atoms with Gasteiger partial charge in [-0.15, -0.1) is 0 Å².